The van der Waals surface area contributed by atoms with E-state index in [2.05, 4.69) is 4.98 Å². The third-order valence-corrected chi connectivity index (χ3v) is 2.59. The third-order valence-electron chi connectivity index (χ3n) is 2.59. The molecule has 2 aromatic rings. The summed E-state index contributed by atoms with van der Waals surface area (Å²) in [5.74, 6) is 1.18. The highest BCUT2D eigenvalue weighted by Crippen LogP contribution is 2.25. The number of aromatic amines is 1. The molecule has 0 spiro atoms. The molecule has 0 bridgehead atoms. The van der Waals surface area contributed by atoms with Gasteiger partial charge in [0.2, 0.25) is 0 Å². The van der Waals surface area contributed by atoms with Crippen molar-refractivity contribution in [2.24, 2.45) is 0 Å². The quantitative estimate of drug-likeness (QED) is 0.857. The average molecular weight is 262 g/mol. The minimum Gasteiger partial charge on any atom is -0.493 e. The molecule has 100 valence electrons. The van der Waals surface area contributed by atoms with Gasteiger partial charge >= 0.3 is 5.69 Å². The third kappa shape index (κ3) is 3.04. The summed E-state index contributed by atoms with van der Waals surface area (Å²) in [6.45, 7) is 0.375. The number of rotatable bonds is 5. The molecule has 0 atom stereocenters. The Kier molecular flexibility index (Phi) is 4.02. The van der Waals surface area contributed by atoms with Gasteiger partial charge in [-0.2, -0.15) is 0 Å². The molecule has 19 heavy (non-hydrogen) atoms. The average Bonchev–Trinajstić information content (AvgIpc) is 2.42. The van der Waals surface area contributed by atoms with Crippen LogP contribution in [0.3, 0.4) is 0 Å². The number of ether oxygens (including phenoxy) is 2. The second kappa shape index (κ2) is 5.90. The molecule has 2 rings (SSSR count). The molecule has 6 nitrogen and oxygen atoms in total. The number of nitrogens with one attached hydrogen (secondary N) is 1. The first kappa shape index (κ1) is 12.9. The normalized spacial score (nSPS) is 10.2. The van der Waals surface area contributed by atoms with Crippen LogP contribution in [0.4, 0.5) is 0 Å². The van der Waals surface area contributed by atoms with Gasteiger partial charge in [-0.05, 0) is 12.1 Å². The van der Waals surface area contributed by atoms with Crippen LogP contribution < -0.4 is 20.7 Å². The zero-order valence-corrected chi connectivity index (χ0v) is 10.5. The van der Waals surface area contributed by atoms with Crippen LogP contribution in [0.2, 0.25) is 0 Å². The summed E-state index contributed by atoms with van der Waals surface area (Å²) in [6.07, 6.45) is 1.32. The van der Waals surface area contributed by atoms with Gasteiger partial charge in [-0.3, -0.25) is 9.36 Å². The lowest BCUT2D eigenvalue weighted by Gasteiger charge is -2.10. The Labute approximate surface area is 109 Å². The Bertz CT molecular complexity index is 632. The van der Waals surface area contributed by atoms with E-state index in [0.29, 0.717) is 11.5 Å². The fourth-order valence-corrected chi connectivity index (χ4v) is 1.65. The first-order valence-electron chi connectivity index (χ1n) is 5.76. The van der Waals surface area contributed by atoms with Crippen molar-refractivity contribution in [1.82, 2.24) is 9.55 Å². The summed E-state index contributed by atoms with van der Waals surface area (Å²) in [6, 6.07) is 8.48. The van der Waals surface area contributed by atoms with Crippen LogP contribution >= 0.6 is 0 Å². The molecule has 0 fully saturated rings. The number of nitrogens with zero attached hydrogens (tertiary/aromatic N) is 1. The monoisotopic (exact) mass is 262 g/mol. The predicted molar refractivity (Wildman–Crippen MR) is 69.8 cm³/mol. The van der Waals surface area contributed by atoms with Crippen LogP contribution in [0.1, 0.15) is 0 Å². The molecule has 1 N–H and O–H groups in total. The van der Waals surface area contributed by atoms with Crippen LogP contribution in [0.5, 0.6) is 11.5 Å². The van der Waals surface area contributed by atoms with Crippen LogP contribution in [0.25, 0.3) is 0 Å². The lowest BCUT2D eigenvalue weighted by Crippen LogP contribution is -2.35. The van der Waals surface area contributed by atoms with Gasteiger partial charge in [0.05, 0.1) is 13.7 Å². The van der Waals surface area contributed by atoms with E-state index in [9.17, 15) is 9.59 Å². The van der Waals surface area contributed by atoms with Crippen molar-refractivity contribution in [3.05, 3.63) is 57.4 Å². The van der Waals surface area contributed by atoms with E-state index >= 15 is 0 Å². The minimum absolute atomic E-state index is 0.174. The second-order valence-corrected chi connectivity index (χ2v) is 3.77. The molecule has 1 heterocycles. The molecular formula is C13H14N2O4. The van der Waals surface area contributed by atoms with Crippen molar-refractivity contribution in [2.45, 2.75) is 6.54 Å². The molecule has 0 saturated carbocycles. The van der Waals surface area contributed by atoms with E-state index < -0.39 is 5.69 Å². The first-order valence-corrected chi connectivity index (χ1v) is 5.76. The van der Waals surface area contributed by atoms with E-state index in [1.54, 1.807) is 19.2 Å². The second-order valence-electron chi connectivity index (χ2n) is 3.77. The smallest absolute Gasteiger partial charge is 0.328 e. The fraction of sp³-hybridized carbons (Fsp3) is 0.231. The van der Waals surface area contributed by atoms with Crippen molar-refractivity contribution in [3.63, 3.8) is 0 Å². The van der Waals surface area contributed by atoms with Gasteiger partial charge in [-0.15, -0.1) is 0 Å². The summed E-state index contributed by atoms with van der Waals surface area (Å²) in [4.78, 5) is 25.3. The van der Waals surface area contributed by atoms with Gasteiger partial charge < -0.3 is 14.5 Å². The number of methoxy groups -OCH3 is 1. The van der Waals surface area contributed by atoms with E-state index in [1.807, 2.05) is 12.1 Å². The first-order chi connectivity index (χ1) is 9.22. The highest BCUT2D eigenvalue weighted by Gasteiger charge is 2.04. The van der Waals surface area contributed by atoms with E-state index in [4.69, 9.17) is 9.47 Å². The minimum atomic E-state index is -0.448. The molecule has 0 aliphatic heterocycles. The Balaban J connectivity index is 2.05. The standard InChI is InChI=1S/C13H14N2O4/c1-18-10-4-2-3-5-11(10)19-9-8-15-12(16)6-7-14-13(15)17/h2-7H,8-9H2,1H3,(H,14,17). The molecule has 0 unspecified atom stereocenters. The molecule has 6 heteroatoms. The highest BCUT2D eigenvalue weighted by atomic mass is 16.5. The highest BCUT2D eigenvalue weighted by molar-refractivity contribution is 5.39. The number of hydrogen-bond acceptors (Lipinski definition) is 4. The van der Waals surface area contributed by atoms with Crippen LogP contribution in [0.15, 0.2) is 46.1 Å². The summed E-state index contributed by atoms with van der Waals surface area (Å²) in [5, 5.41) is 0. The maximum atomic E-state index is 11.5. The topological polar surface area (TPSA) is 73.3 Å². The zero-order chi connectivity index (χ0) is 13.7. The number of H-pyrrole nitrogens is 1. The van der Waals surface area contributed by atoms with Gasteiger partial charge in [-0.25, -0.2) is 4.79 Å². The number of aromatic nitrogens is 2. The van der Waals surface area contributed by atoms with Crippen LogP contribution in [-0.4, -0.2) is 23.3 Å². The maximum absolute atomic E-state index is 11.5. The molecule has 1 aromatic heterocycles. The summed E-state index contributed by atoms with van der Waals surface area (Å²) < 4.78 is 11.7. The Morgan fingerprint density at radius 1 is 1.16 bits per heavy atom. The summed E-state index contributed by atoms with van der Waals surface area (Å²) in [7, 11) is 1.55. The predicted octanol–water partition coefficient (Wildman–Crippen LogP) is 0.624. The molecule has 0 aliphatic rings. The number of hydrogen-bond donors (Lipinski definition) is 1. The van der Waals surface area contributed by atoms with E-state index in [0.717, 1.165) is 4.57 Å². The molecule has 0 aliphatic carbocycles. The molecule has 1 aromatic carbocycles. The van der Waals surface area contributed by atoms with E-state index in [1.165, 1.54) is 12.3 Å². The van der Waals surface area contributed by atoms with Crippen molar-refractivity contribution in [2.75, 3.05) is 13.7 Å². The maximum Gasteiger partial charge on any atom is 0.328 e. The van der Waals surface area contributed by atoms with Gasteiger partial charge in [0.25, 0.3) is 5.56 Å². The van der Waals surface area contributed by atoms with Gasteiger partial charge in [0.1, 0.15) is 6.61 Å². The SMILES string of the molecule is COc1ccccc1OCCn1c(=O)cc[nH]c1=O. The summed E-state index contributed by atoms with van der Waals surface area (Å²) in [5.41, 5.74) is -0.802. The Morgan fingerprint density at radius 3 is 2.58 bits per heavy atom. The van der Waals surface area contributed by atoms with Crippen LogP contribution in [0, 0.1) is 0 Å². The number of para-hydroxylation sites is 2. The van der Waals surface area contributed by atoms with Gasteiger partial charge in [0, 0.05) is 12.3 Å². The zero-order valence-electron chi connectivity index (χ0n) is 10.5. The Hall–Kier alpha value is -2.50. The molecule has 0 amide bonds. The lowest BCUT2D eigenvalue weighted by molar-refractivity contribution is 0.276. The van der Waals surface area contributed by atoms with Gasteiger partial charge in [0.15, 0.2) is 11.5 Å². The van der Waals surface area contributed by atoms with Gasteiger partial charge in [-0.1, -0.05) is 12.1 Å². The van der Waals surface area contributed by atoms with E-state index in [-0.39, 0.29) is 18.7 Å². The van der Waals surface area contributed by atoms with Crippen molar-refractivity contribution >= 4 is 0 Å². The van der Waals surface area contributed by atoms with Crippen molar-refractivity contribution < 1.29 is 9.47 Å². The molecule has 0 radical (unpaired) electrons. The van der Waals surface area contributed by atoms with Crippen LogP contribution in [-0.2, 0) is 6.54 Å². The number of benzene rings is 1. The van der Waals surface area contributed by atoms with Crippen molar-refractivity contribution in [3.8, 4) is 11.5 Å². The fourth-order valence-electron chi connectivity index (χ4n) is 1.65. The molecule has 0 saturated heterocycles. The Morgan fingerprint density at radius 2 is 1.89 bits per heavy atom. The molecular weight excluding hydrogens is 248 g/mol. The largest absolute Gasteiger partial charge is 0.493 e. The summed E-state index contributed by atoms with van der Waals surface area (Å²) >= 11 is 0. The van der Waals surface area contributed by atoms with Crippen molar-refractivity contribution in [1.29, 1.82) is 0 Å². The lowest BCUT2D eigenvalue weighted by atomic mass is 10.3.